The van der Waals surface area contributed by atoms with Crippen molar-refractivity contribution in [3.8, 4) is 0 Å². The van der Waals surface area contributed by atoms with E-state index in [0.717, 1.165) is 10.5 Å². The zero-order valence-corrected chi connectivity index (χ0v) is 17.1. The van der Waals surface area contributed by atoms with Crippen molar-refractivity contribution >= 4 is 46.6 Å². The quantitative estimate of drug-likeness (QED) is 0.561. The predicted molar refractivity (Wildman–Crippen MR) is 119 cm³/mol. The summed E-state index contributed by atoms with van der Waals surface area (Å²) in [6, 6.07) is 24.2. The molecule has 4 nitrogen and oxygen atoms in total. The zero-order chi connectivity index (χ0) is 20.2. The highest BCUT2D eigenvalue weighted by molar-refractivity contribution is 8.00. The fourth-order valence-corrected chi connectivity index (χ4v) is 4.54. The molecule has 1 N–H and O–H groups in total. The number of nitrogens with one attached hydrogen (secondary N) is 1. The lowest BCUT2D eigenvalue weighted by Crippen LogP contribution is -2.36. The van der Waals surface area contributed by atoms with Crippen molar-refractivity contribution in [2.24, 2.45) is 0 Å². The Morgan fingerprint density at radius 2 is 1.69 bits per heavy atom. The first-order chi connectivity index (χ1) is 14.1. The molecule has 3 aromatic rings. The Balaban J connectivity index is 1.70. The van der Waals surface area contributed by atoms with Gasteiger partial charge >= 0.3 is 0 Å². The zero-order valence-electron chi connectivity index (χ0n) is 15.5. The number of carbonyl (C=O) groups excluding carboxylic acids is 2. The van der Waals surface area contributed by atoms with E-state index in [-0.39, 0.29) is 30.0 Å². The molecule has 0 radical (unpaired) electrons. The summed E-state index contributed by atoms with van der Waals surface area (Å²) in [6.07, 6.45) is 0.196. The molecule has 0 bridgehead atoms. The average Bonchev–Trinajstić information content (AvgIpc) is 2.89. The van der Waals surface area contributed by atoms with Crippen molar-refractivity contribution in [3.63, 3.8) is 0 Å². The lowest BCUT2D eigenvalue weighted by molar-refractivity contribution is -0.117. The summed E-state index contributed by atoms with van der Waals surface area (Å²) in [5.41, 5.74) is 2.28. The summed E-state index contributed by atoms with van der Waals surface area (Å²) in [5.74, 6) is 0.0309. The maximum absolute atomic E-state index is 13.4. The van der Waals surface area contributed by atoms with Gasteiger partial charge in [0.1, 0.15) is 0 Å². The molecule has 29 heavy (non-hydrogen) atoms. The van der Waals surface area contributed by atoms with Crippen LogP contribution >= 0.6 is 23.4 Å². The van der Waals surface area contributed by atoms with E-state index in [4.69, 9.17) is 11.6 Å². The molecule has 3 aromatic carbocycles. The number of anilines is 2. The Kier molecular flexibility index (Phi) is 5.88. The molecule has 1 atom stereocenters. The minimum absolute atomic E-state index is 0.0762. The molecule has 1 aliphatic heterocycles. The molecule has 0 saturated carbocycles. The Morgan fingerprint density at radius 1 is 1.00 bits per heavy atom. The Morgan fingerprint density at radius 3 is 2.48 bits per heavy atom. The number of rotatable bonds is 4. The van der Waals surface area contributed by atoms with Crippen LogP contribution in [0.5, 0.6) is 0 Å². The van der Waals surface area contributed by atoms with Gasteiger partial charge in [-0.2, -0.15) is 0 Å². The van der Waals surface area contributed by atoms with Gasteiger partial charge in [-0.3, -0.25) is 9.59 Å². The summed E-state index contributed by atoms with van der Waals surface area (Å²) in [7, 11) is 0. The van der Waals surface area contributed by atoms with E-state index in [1.54, 1.807) is 4.90 Å². The molecule has 1 aliphatic rings. The first kappa shape index (κ1) is 19.6. The summed E-state index contributed by atoms with van der Waals surface area (Å²) in [6.45, 7) is 0. The van der Waals surface area contributed by atoms with Crippen LogP contribution in [0.2, 0.25) is 5.02 Å². The molecule has 2 amide bonds. The molecule has 0 unspecified atom stereocenters. The van der Waals surface area contributed by atoms with Crippen molar-refractivity contribution in [1.82, 2.24) is 0 Å². The smallest absolute Gasteiger partial charge is 0.238 e. The number of hydrogen-bond donors (Lipinski definition) is 1. The molecule has 0 aliphatic carbocycles. The SMILES string of the molecule is O=C1C[C@H](c2ccccc2)N(C(=O)CSc2ccccc2Cl)c2ccccc2N1. The molecule has 0 fully saturated rings. The van der Waals surface area contributed by atoms with E-state index in [9.17, 15) is 9.59 Å². The highest BCUT2D eigenvalue weighted by atomic mass is 35.5. The maximum Gasteiger partial charge on any atom is 0.238 e. The topological polar surface area (TPSA) is 49.4 Å². The number of para-hydroxylation sites is 2. The van der Waals surface area contributed by atoms with Crippen molar-refractivity contribution in [3.05, 3.63) is 89.4 Å². The molecule has 146 valence electrons. The number of thioether (sulfide) groups is 1. The summed E-state index contributed by atoms with van der Waals surface area (Å²) in [5, 5.41) is 3.55. The number of halogens is 1. The van der Waals surface area contributed by atoms with E-state index in [2.05, 4.69) is 5.32 Å². The fraction of sp³-hybridized carbons (Fsp3) is 0.130. The molecule has 0 aromatic heterocycles. The van der Waals surface area contributed by atoms with Crippen molar-refractivity contribution in [2.75, 3.05) is 16.0 Å². The van der Waals surface area contributed by atoms with Crippen LogP contribution in [0.25, 0.3) is 0 Å². The van der Waals surface area contributed by atoms with Gasteiger partial charge in [0.25, 0.3) is 0 Å². The molecule has 4 rings (SSSR count). The van der Waals surface area contributed by atoms with Gasteiger partial charge in [-0.25, -0.2) is 0 Å². The normalized spacial score (nSPS) is 16.0. The van der Waals surface area contributed by atoms with Gasteiger partial charge in [-0.1, -0.05) is 66.2 Å². The minimum Gasteiger partial charge on any atom is -0.324 e. The van der Waals surface area contributed by atoms with E-state index >= 15 is 0 Å². The van der Waals surface area contributed by atoms with Crippen LogP contribution in [-0.4, -0.2) is 17.6 Å². The highest BCUT2D eigenvalue weighted by Gasteiger charge is 2.33. The van der Waals surface area contributed by atoms with Gasteiger partial charge < -0.3 is 10.2 Å². The third-order valence-electron chi connectivity index (χ3n) is 4.77. The van der Waals surface area contributed by atoms with Gasteiger partial charge in [-0.15, -0.1) is 11.8 Å². The lowest BCUT2D eigenvalue weighted by atomic mass is 10.0. The number of amides is 2. The molecular weight excluding hydrogens is 404 g/mol. The number of hydrogen-bond acceptors (Lipinski definition) is 3. The first-order valence-corrected chi connectivity index (χ1v) is 10.6. The Hall–Kier alpha value is -2.76. The van der Waals surface area contributed by atoms with Crippen molar-refractivity contribution in [2.45, 2.75) is 17.4 Å². The monoisotopic (exact) mass is 422 g/mol. The second kappa shape index (κ2) is 8.72. The molecule has 0 saturated heterocycles. The number of fused-ring (bicyclic) bond motifs is 1. The predicted octanol–water partition coefficient (Wildman–Crippen LogP) is 5.55. The number of carbonyl (C=O) groups is 2. The fourth-order valence-electron chi connectivity index (χ4n) is 3.45. The van der Waals surface area contributed by atoms with E-state index in [0.29, 0.717) is 16.4 Å². The maximum atomic E-state index is 13.4. The van der Waals surface area contributed by atoms with E-state index in [1.807, 2.05) is 78.9 Å². The van der Waals surface area contributed by atoms with E-state index < -0.39 is 0 Å². The van der Waals surface area contributed by atoms with Gasteiger partial charge in [-0.05, 0) is 29.8 Å². The van der Waals surface area contributed by atoms with Gasteiger partial charge in [0.15, 0.2) is 0 Å². The number of benzene rings is 3. The largest absolute Gasteiger partial charge is 0.324 e. The third kappa shape index (κ3) is 4.31. The van der Waals surface area contributed by atoms with Crippen molar-refractivity contribution in [1.29, 1.82) is 0 Å². The van der Waals surface area contributed by atoms with Gasteiger partial charge in [0.2, 0.25) is 11.8 Å². The van der Waals surface area contributed by atoms with Crippen LogP contribution < -0.4 is 10.2 Å². The second-order valence-corrected chi connectivity index (χ2v) is 8.10. The minimum atomic E-state index is -0.376. The summed E-state index contributed by atoms with van der Waals surface area (Å²) < 4.78 is 0. The summed E-state index contributed by atoms with van der Waals surface area (Å²) >= 11 is 7.64. The summed E-state index contributed by atoms with van der Waals surface area (Å²) in [4.78, 5) is 28.6. The Labute approximate surface area is 178 Å². The second-order valence-electron chi connectivity index (χ2n) is 6.68. The van der Waals surface area contributed by atoms with Crippen LogP contribution in [0.3, 0.4) is 0 Å². The first-order valence-electron chi connectivity index (χ1n) is 9.26. The van der Waals surface area contributed by atoms with Gasteiger partial charge in [0, 0.05) is 4.90 Å². The highest BCUT2D eigenvalue weighted by Crippen LogP contribution is 2.39. The molecular formula is C23H19ClN2O2S. The van der Waals surface area contributed by atoms with Gasteiger partial charge in [0.05, 0.1) is 34.6 Å². The third-order valence-corrected chi connectivity index (χ3v) is 6.27. The molecule has 1 heterocycles. The van der Waals surface area contributed by atoms with Crippen LogP contribution in [0, 0.1) is 0 Å². The van der Waals surface area contributed by atoms with Crippen LogP contribution in [-0.2, 0) is 9.59 Å². The molecule has 6 heteroatoms. The van der Waals surface area contributed by atoms with E-state index in [1.165, 1.54) is 11.8 Å². The van der Waals surface area contributed by atoms with Crippen LogP contribution in [0.15, 0.2) is 83.8 Å². The van der Waals surface area contributed by atoms with Crippen molar-refractivity contribution < 1.29 is 9.59 Å². The van der Waals surface area contributed by atoms with Crippen LogP contribution in [0.1, 0.15) is 18.0 Å². The Bertz CT molecular complexity index is 1040. The molecule has 0 spiro atoms. The lowest BCUT2D eigenvalue weighted by Gasteiger charge is -2.30. The standard InChI is InChI=1S/C23H19ClN2O2S/c24-17-10-4-7-13-21(17)29-15-23(28)26-19-12-6-5-11-18(19)25-22(27)14-20(26)16-8-2-1-3-9-16/h1-13,20H,14-15H2,(H,25,27)/t20-/m1/s1. The van der Waals surface area contributed by atoms with Crippen LogP contribution in [0.4, 0.5) is 11.4 Å². The number of nitrogens with zero attached hydrogens (tertiary/aromatic N) is 1. The average molecular weight is 423 g/mol.